The summed E-state index contributed by atoms with van der Waals surface area (Å²) in [5.41, 5.74) is 1.66. The first-order valence-corrected chi connectivity index (χ1v) is 5.00. The smallest absolute Gasteiger partial charge is 0.145 e. The van der Waals surface area contributed by atoms with Crippen LogP contribution in [0.1, 0.15) is 5.76 Å². The van der Waals surface area contributed by atoms with Gasteiger partial charge in [0.1, 0.15) is 29.1 Å². The van der Waals surface area contributed by atoms with Gasteiger partial charge in [0.25, 0.3) is 0 Å². The van der Waals surface area contributed by atoms with Gasteiger partial charge in [-0.15, -0.1) is 0 Å². The highest BCUT2D eigenvalue weighted by Crippen LogP contribution is 2.22. The lowest BCUT2D eigenvalue weighted by Gasteiger charge is -1.99. The summed E-state index contributed by atoms with van der Waals surface area (Å²) in [6.07, 6.45) is 1.38. The number of nitrogens with one attached hydrogen (secondary N) is 1. The Morgan fingerprint density at radius 1 is 1.29 bits per heavy atom. The van der Waals surface area contributed by atoms with E-state index in [1.165, 1.54) is 6.20 Å². The first-order chi connectivity index (χ1) is 8.22. The van der Waals surface area contributed by atoms with Crippen LogP contribution in [0, 0.1) is 29.6 Å². The summed E-state index contributed by atoms with van der Waals surface area (Å²) in [5.74, 6) is 0.849. The van der Waals surface area contributed by atoms with Crippen molar-refractivity contribution >= 4 is 16.7 Å². The van der Waals surface area contributed by atoms with E-state index in [0.29, 0.717) is 0 Å². The van der Waals surface area contributed by atoms with Gasteiger partial charge in [0, 0.05) is 17.3 Å². The number of furan rings is 1. The fourth-order valence-electron chi connectivity index (χ4n) is 1.51. The normalized spacial score (nSPS) is 9.35. The van der Waals surface area contributed by atoms with E-state index in [9.17, 15) is 0 Å². The molecule has 4 heteroatoms. The second-order valence-corrected chi connectivity index (χ2v) is 3.54. The third kappa shape index (κ3) is 2.27. The average Bonchev–Trinajstić information content (AvgIpc) is 2.69. The van der Waals surface area contributed by atoms with Crippen molar-refractivity contribution in [2.75, 3.05) is 5.32 Å². The second kappa shape index (κ2) is 4.42. The Morgan fingerprint density at radius 2 is 2.06 bits per heavy atom. The van der Waals surface area contributed by atoms with Crippen molar-refractivity contribution in [1.82, 2.24) is 0 Å². The lowest BCUT2D eigenvalue weighted by Crippen LogP contribution is -1.88. The van der Waals surface area contributed by atoms with E-state index >= 15 is 0 Å². The minimum absolute atomic E-state index is 0.0356. The predicted molar refractivity (Wildman–Crippen MR) is 63.9 cm³/mol. The van der Waals surface area contributed by atoms with E-state index in [0.717, 1.165) is 22.4 Å². The largest absolute Gasteiger partial charge is 0.461 e. The maximum absolute atomic E-state index is 8.58. The first kappa shape index (κ1) is 10.8. The third-order valence-corrected chi connectivity index (χ3v) is 2.26. The van der Waals surface area contributed by atoms with E-state index in [1.807, 2.05) is 31.2 Å². The van der Waals surface area contributed by atoms with Gasteiger partial charge in [0.2, 0.25) is 0 Å². The molecule has 1 aromatic heterocycles. The molecule has 1 aromatic carbocycles. The number of nitrogens with zero attached hydrogens (tertiary/aromatic N) is 2. The van der Waals surface area contributed by atoms with Crippen molar-refractivity contribution in [1.29, 1.82) is 10.5 Å². The average molecular weight is 223 g/mol. The zero-order chi connectivity index (χ0) is 12.3. The highest BCUT2D eigenvalue weighted by atomic mass is 16.3. The Balaban J connectivity index is 2.29. The fourth-order valence-corrected chi connectivity index (χ4v) is 1.51. The molecule has 1 N–H and O–H groups in total. The minimum atomic E-state index is 0.0356. The zero-order valence-corrected chi connectivity index (χ0v) is 9.19. The molecule has 0 unspecified atom stereocenters. The molecule has 0 amide bonds. The summed E-state index contributed by atoms with van der Waals surface area (Å²) >= 11 is 0. The molecule has 82 valence electrons. The van der Waals surface area contributed by atoms with Gasteiger partial charge < -0.3 is 9.73 Å². The van der Waals surface area contributed by atoms with Crippen molar-refractivity contribution in [2.45, 2.75) is 6.92 Å². The lowest BCUT2D eigenvalue weighted by molar-refractivity contribution is 0.578. The van der Waals surface area contributed by atoms with E-state index in [-0.39, 0.29) is 5.57 Å². The molecule has 0 bridgehead atoms. The van der Waals surface area contributed by atoms with Crippen LogP contribution in [0.4, 0.5) is 5.69 Å². The lowest BCUT2D eigenvalue weighted by atomic mass is 10.2. The van der Waals surface area contributed by atoms with Gasteiger partial charge in [-0.25, -0.2) is 0 Å². The second-order valence-electron chi connectivity index (χ2n) is 3.54. The Labute approximate surface area is 98.4 Å². The topological polar surface area (TPSA) is 72.8 Å². The molecule has 2 rings (SSSR count). The van der Waals surface area contributed by atoms with Gasteiger partial charge in [-0.3, -0.25) is 0 Å². The van der Waals surface area contributed by atoms with Crippen LogP contribution in [0.3, 0.4) is 0 Å². The maximum Gasteiger partial charge on any atom is 0.145 e. The Kier molecular flexibility index (Phi) is 2.81. The van der Waals surface area contributed by atoms with Gasteiger partial charge in [-0.2, -0.15) is 10.5 Å². The summed E-state index contributed by atoms with van der Waals surface area (Å²) in [6.45, 7) is 1.89. The number of allylic oxidation sites excluding steroid dienone is 1. The number of fused-ring (bicyclic) bond motifs is 1. The van der Waals surface area contributed by atoms with Crippen LogP contribution < -0.4 is 5.32 Å². The van der Waals surface area contributed by atoms with Crippen molar-refractivity contribution < 1.29 is 4.42 Å². The maximum atomic E-state index is 8.58. The van der Waals surface area contributed by atoms with Crippen molar-refractivity contribution in [3.8, 4) is 12.1 Å². The fraction of sp³-hybridized carbons (Fsp3) is 0.0769. The molecule has 0 saturated heterocycles. The van der Waals surface area contributed by atoms with Crippen LogP contribution in [0.5, 0.6) is 0 Å². The standard InChI is InChI=1S/C13H9N3O/c1-9-4-11-5-12(2-3-13(11)17-9)16-8-10(6-14)7-15/h2-5,8,16H,1H3. The Bertz CT molecular complexity index is 652. The molecule has 0 aliphatic rings. The molecule has 1 heterocycles. The van der Waals surface area contributed by atoms with E-state index in [2.05, 4.69) is 5.32 Å². The number of nitriles is 2. The molecule has 0 spiro atoms. The molecule has 0 aliphatic heterocycles. The molecule has 0 aliphatic carbocycles. The zero-order valence-electron chi connectivity index (χ0n) is 9.19. The van der Waals surface area contributed by atoms with Crippen LogP contribution in [0.25, 0.3) is 11.0 Å². The van der Waals surface area contributed by atoms with Crippen molar-refractivity contribution in [2.24, 2.45) is 0 Å². The number of hydrogen-bond donors (Lipinski definition) is 1. The first-order valence-electron chi connectivity index (χ1n) is 5.00. The summed E-state index contributed by atoms with van der Waals surface area (Å²) in [7, 11) is 0. The van der Waals surface area contributed by atoms with Gasteiger partial charge in [-0.05, 0) is 31.2 Å². The predicted octanol–water partition coefficient (Wildman–Crippen LogP) is 3.08. The molecular formula is C13H9N3O. The van der Waals surface area contributed by atoms with Gasteiger partial charge in [-0.1, -0.05) is 0 Å². The van der Waals surface area contributed by atoms with Gasteiger partial charge >= 0.3 is 0 Å². The number of benzene rings is 1. The summed E-state index contributed by atoms with van der Waals surface area (Å²) in [6, 6.07) is 11.1. The van der Waals surface area contributed by atoms with E-state index < -0.39 is 0 Å². The quantitative estimate of drug-likeness (QED) is 0.794. The highest BCUT2D eigenvalue weighted by Gasteiger charge is 2.00. The molecule has 2 aromatic rings. The van der Waals surface area contributed by atoms with Crippen LogP contribution in [0.2, 0.25) is 0 Å². The monoisotopic (exact) mass is 223 g/mol. The molecule has 4 nitrogen and oxygen atoms in total. The highest BCUT2D eigenvalue weighted by molar-refractivity contribution is 5.82. The molecular weight excluding hydrogens is 214 g/mol. The summed E-state index contributed by atoms with van der Waals surface area (Å²) < 4.78 is 5.44. The molecule has 17 heavy (non-hydrogen) atoms. The molecule has 0 saturated carbocycles. The number of hydrogen-bond acceptors (Lipinski definition) is 4. The third-order valence-electron chi connectivity index (χ3n) is 2.26. The Hall–Kier alpha value is -2.72. The minimum Gasteiger partial charge on any atom is -0.461 e. The van der Waals surface area contributed by atoms with Crippen LogP contribution in [0.15, 0.2) is 40.5 Å². The SMILES string of the molecule is Cc1cc2cc(NC=C(C#N)C#N)ccc2o1. The number of rotatable bonds is 2. The number of anilines is 1. The van der Waals surface area contributed by atoms with Crippen LogP contribution in [-0.2, 0) is 0 Å². The molecule has 0 radical (unpaired) electrons. The molecule has 0 atom stereocenters. The summed E-state index contributed by atoms with van der Waals surface area (Å²) in [5, 5.41) is 21.0. The molecule has 0 fully saturated rings. The summed E-state index contributed by atoms with van der Waals surface area (Å²) in [4.78, 5) is 0. The van der Waals surface area contributed by atoms with E-state index in [4.69, 9.17) is 14.9 Å². The van der Waals surface area contributed by atoms with Gasteiger partial charge in [0.05, 0.1) is 0 Å². The van der Waals surface area contributed by atoms with Crippen molar-refractivity contribution in [3.63, 3.8) is 0 Å². The van der Waals surface area contributed by atoms with E-state index in [1.54, 1.807) is 12.1 Å². The van der Waals surface area contributed by atoms with Crippen LogP contribution in [-0.4, -0.2) is 0 Å². The van der Waals surface area contributed by atoms with Crippen molar-refractivity contribution in [3.05, 3.63) is 41.8 Å². The number of aryl methyl sites for hydroxylation is 1. The Morgan fingerprint density at radius 3 is 2.76 bits per heavy atom. The van der Waals surface area contributed by atoms with Gasteiger partial charge in [0.15, 0.2) is 0 Å². The van der Waals surface area contributed by atoms with Crippen LogP contribution >= 0.6 is 0 Å².